The molecule has 0 aliphatic carbocycles. The van der Waals surface area contributed by atoms with E-state index in [-0.39, 0.29) is 0 Å². The number of halogens is 3. The highest BCUT2D eigenvalue weighted by atomic mass is 127. The first-order valence-corrected chi connectivity index (χ1v) is 9.47. The number of nitrogens with zero attached hydrogens (tertiary/aromatic N) is 3. The molecule has 124 valence electrons. The summed E-state index contributed by atoms with van der Waals surface area (Å²) in [6, 6.07) is 17.6. The van der Waals surface area contributed by atoms with E-state index in [9.17, 15) is 0 Å². The van der Waals surface area contributed by atoms with E-state index >= 15 is 0 Å². The van der Waals surface area contributed by atoms with Gasteiger partial charge in [0.25, 0.3) is 0 Å². The summed E-state index contributed by atoms with van der Waals surface area (Å²) >= 11 is 15.0. The second-order valence-corrected chi connectivity index (χ2v) is 7.54. The number of hydrogen-bond donors (Lipinski definition) is 0. The van der Waals surface area contributed by atoms with Gasteiger partial charge in [-0.1, -0.05) is 53.5 Å². The summed E-state index contributed by atoms with van der Waals surface area (Å²) in [6.07, 6.45) is 1.96. The third-order valence-electron chi connectivity index (χ3n) is 3.94. The number of benzene rings is 2. The van der Waals surface area contributed by atoms with E-state index in [1.54, 1.807) is 0 Å². The summed E-state index contributed by atoms with van der Waals surface area (Å²) in [5, 5.41) is 6.77. The van der Waals surface area contributed by atoms with E-state index in [1.165, 1.54) is 0 Å². The van der Waals surface area contributed by atoms with Gasteiger partial charge >= 0.3 is 0 Å². The van der Waals surface area contributed by atoms with Gasteiger partial charge in [-0.15, -0.1) is 0 Å². The SMILES string of the molecule is Clc1ccccc1-c1nc2c(Cl)cccc2cc1Cn1ccc(I)n1. The van der Waals surface area contributed by atoms with Crippen molar-refractivity contribution in [3.8, 4) is 11.3 Å². The molecule has 0 spiro atoms. The van der Waals surface area contributed by atoms with Crippen LogP contribution in [0.25, 0.3) is 22.2 Å². The first kappa shape index (κ1) is 16.8. The van der Waals surface area contributed by atoms with Gasteiger partial charge in [0, 0.05) is 27.7 Å². The van der Waals surface area contributed by atoms with Crippen molar-refractivity contribution < 1.29 is 0 Å². The Kier molecular flexibility index (Phi) is 4.67. The van der Waals surface area contributed by atoms with Crippen LogP contribution >= 0.6 is 45.8 Å². The number of aromatic nitrogens is 3. The minimum absolute atomic E-state index is 0.610. The summed E-state index contributed by atoms with van der Waals surface area (Å²) in [6.45, 7) is 0.610. The van der Waals surface area contributed by atoms with Crippen LogP contribution in [0, 0.1) is 3.70 Å². The van der Waals surface area contributed by atoms with Crippen LogP contribution < -0.4 is 0 Å². The van der Waals surface area contributed by atoms with Crippen LogP contribution in [0.15, 0.2) is 60.8 Å². The van der Waals surface area contributed by atoms with Crippen LogP contribution in [0.4, 0.5) is 0 Å². The predicted molar refractivity (Wildman–Crippen MR) is 111 cm³/mol. The van der Waals surface area contributed by atoms with Crippen LogP contribution in [-0.2, 0) is 6.54 Å². The molecular weight excluding hydrogens is 468 g/mol. The van der Waals surface area contributed by atoms with Crippen LogP contribution in [0.3, 0.4) is 0 Å². The van der Waals surface area contributed by atoms with Gasteiger partial charge in [0.15, 0.2) is 0 Å². The van der Waals surface area contributed by atoms with Gasteiger partial charge in [0.2, 0.25) is 0 Å². The third-order valence-corrected chi connectivity index (χ3v) is 5.15. The fraction of sp³-hybridized carbons (Fsp3) is 0.0526. The van der Waals surface area contributed by atoms with Crippen LogP contribution in [-0.4, -0.2) is 14.8 Å². The molecule has 3 nitrogen and oxygen atoms in total. The summed E-state index contributed by atoms with van der Waals surface area (Å²) in [5.74, 6) is 0. The van der Waals surface area contributed by atoms with Crippen molar-refractivity contribution in [3.05, 3.63) is 80.1 Å². The Morgan fingerprint density at radius 2 is 1.76 bits per heavy atom. The molecule has 0 amide bonds. The molecule has 2 aromatic carbocycles. The molecule has 0 atom stereocenters. The van der Waals surface area contributed by atoms with Gasteiger partial charge in [-0.05, 0) is 46.9 Å². The van der Waals surface area contributed by atoms with Gasteiger partial charge in [0.1, 0.15) is 3.70 Å². The largest absolute Gasteiger partial charge is 0.267 e. The molecule has 2 heterocycles. The lowest BCUT2D eigenvalue weighted by molar-refractivity contribution is 0.681. The standard InChI is InChI=1S/C19H12Cl2IN3/c20-15-6-2-1-5-14(15)18-13(11-25-9-8-17(22)24-25)10-12-4-3-7-16(21)19(12)23-18/h1-10H,11H2. The van der Waals surface area contributed by atoms with Crippen molar-refractivity contribution in [2.45, 2.75) is 6.54 Å². The Balaban J connectivity index is 1.95. The molecule has 0 saturated carbocycles. The van der Waals surface area contributed by atoms with Crippen LogP contribution in [0.1, 0.15) is 5.56 Å². The molecule has 4 aromatic rings. The summed E-state index contributed by atoms with van der Waals surface area (Å²) in [7, 11) is 0. The Morgan fingerprint density at radius 3 is 2.52 bits per heavy atom. The van der Waals surface area contributed by atoms with Crippen molar-refractivity contribution in [2.75, 3.05) is 0 Å². The number of fused-ring (bicyclic) bond motifs is 1. The van der Waals surface area contributed by atoms with E-state index in [2.05, 4.69) is 33.8 Å². The van der Waals surface area contributed by atoms with E-state index in [0.717, 1.165) is 31.4 Å². The van der Waals surface area contributed by atoms with Crippen molar-refractivity contribution >= 4 is 56.7 Å². The fourth-order valence-electron chi connectivity index (χ4n) is 2.81. The van der Waals surface area contributed by atoms with Gasteiger partial charge in [-0.25, -0.2) is 4.98 Å². The molecule has 6 heteroatoms. The molecular formula is C19H12Cl2IN3. The minimum atomic E-state index is 0.610. The first-order valence-electron chi connectivity index (χ1n) is 7.64. The molecule has 25 heavy (non-hydrogen) atoms. The first-order chi connectivity index (χ1) is 12.1. The van der Waals surface area contributed by atoms with E-state index in [1.807, 2.05) is 59.4 Å². The van der Waals surface area contributed by atoms with Gasteiger partial charge in [0.05, 0.1) is 22.8 Å². The predicted octanol–water partition coefficient (Wildman–Crippen LogP) is 6.06. The highest BCUT2D eigenvalue weighted by Crippen LogP contribution is 2.33. The van der Waals surface area contributed by atoms with Crippen LogP contribution in [0.2, 0.25) is 10.0 Å². The molecule has 0 bridgehead atoms. The highest BCUT2D eigenvalue weighted by Gasteiger charge is 2.14. The van der Waals surface area contributed by atoms with Gasteiger partial charge in [-0.3, -0.25) is 4.68 Å². The summed E-state index contributed by atoms with van der Waals surface area (Å²) in [5.41, 5.74) is 3.54. The average molecular weight is 480 g/mol. The molecule has 0 N–H and O–H groups in total. The van der Waals surface area contributed by atoms with Gasteiger partial charge < -0.3 is 0 Å². The summed E-state index contributed by atoms with van der Waals surface area (Å²) in [4.78, 5) is 4.85. The Bertz CT molecular complexity index is 1080. The number of rotatable bonds is 3. The average Bonchev–Trinajstić information content (AvgIpc) is 3.00. The lowest BCUT2D eigenvalue weighted by Gasteiger charge is -2.13. The molecule has 0 aliphatic rings. The van der Waals surface area contributed by atoms with Crippen molar-refractivity contribution in [1.82, 2.24) is 14.8 Å². The van der Waals surface area contributed by atoms with E-state index in [0.29, 0.717) is 16.6 Å². The highest BCUT2D eigenvalue weighted by molar-refractivity contribution is 14.1. The fourth-order valence-corrected chi connectivity index (χ4v) is 3.70. The zero-order valence-corrected chi connectivity index (χ0v) is 16.6. The topological polar surface area (TPSA) is 30.7 Å². The molecule has 0 radical (unpaired) electrons. The third kappa shape index (κ3) is 3.38. The zero-order valence-electron chi connectivity index (χ0n) is 13.0. The molecule has 0 fully saturated rings. The monoisotopic (exact) mass is 479 g/mol. The molecule has 0 saturated heterocycles. The van der Waals surface area contributed by atoms with Gasteiger partial charge in [-0.2, -0.15) is 5.10 Å². The van der Waals surface area contributed by atoms with Crippen molar-refractivity contribution in [1.29, 1.82) is 0 Å². The quantitative estimate of drug-likeness (QED) is 0.334. The number of pyridine rings is 1. The lowest BCUT2D eigenvalue weighted by Crippen LogP contribution is -2.04. The Morgan fingerprint density at radius 1 is 0.960 bits per heavy atom. The van der Waals surface area contributed by atoms with E-state index in [4.69, 9.17) is 28.2 Å². The molecule has 0 unspecified atom stereocenters. The van der Waals surface area contributed by atoms with Crippen LogP contribution in [0.5, 0.6) is 0 Å². The Labute approximate surface area is 168 Å². The maximum absolute atomic E-state index is 6.43. The second-order valence-electron chi connectivity index (χ2n) is 5.62. The Hall–Kier alpha value is -1.63. The maximum Gasteiger partial charge on any atom is 0.123 e. The summed E-state index contributed by atoms with van der Waals surface area (Å²) < 4.78 is 2.85. The van der Waals surface area contributed by atoms with Crippen molar-refractivity contribution in [2.24, 2.45) is 0 Å². The maximum atomic E-state index is 6.43. The molecule has 4 rings (SSSR count). The minimum Gasteiger partial charge on any atom is -0.267 e. The van der Waals surface area contributed by atoms with E-state index < -0.39 is 0 Å². The smallest absolute Gasteiger partial charge is 0.123 e. The lowest BCUT2D eigenvalue weighted by atomic mass is 10.0. The number of hydrogen-bond acceptors (Lipinski definition) is 2. The number of para-hydroxylation sites is 1. The normalized spacial score (nSPS) is 11.2. The zero-order chi connectivity index (χ0) is 17.4. The molecule has 0 aliphatic heterocycles. The van der Waals surface area contributed by atoms with Crippen molar-refractivity contribution in [3.63, 3.8) is 0 Å². The second kappa shape index (κ2) is 6.94. The molecule has 2 aromatic heterocycles.